The molecule has 0 aliphatic carbocycles. The number of esters is 1. The van der Waals surface area contributed by atoms with Gasteiger partial charge in [-0.25, -0.2) is 9.37 Å². The average Bonchev–Trinajstić information content (AvgIpc) is 3.25. The van der Waals surface area contributed by atoms with Crippen LogP contribution in [0.1, 0.15) is 69.7 Å². The number of benzene rings is 1. The molecule has 2 aromatic heterocycles. The number of aryl methyl sites for hydroxylation is 1. The lowest BCUT2D eigenvalue weighted by atomic mass is 9.77. The number of aromatic nitrogens is 3. The van der Waals surface area contributed by atoms with E-state index in [-0.39, 0.29) is 23.1 Å². The molecule has 1 aliphatic rings. The molecule has 10 heteroatoms. The number of alkyl halides is 3. The quantitative estimate of drug-likeness (QED) is 0.273. The maximum Gasteiger partial charge on any atom is 0.416 e. The van der Waals surface area contributed by atoms with E-state index in [4.69, 9.17) is 4.74 Å². The third kappa shape index (κ3) is 4.90. The Bertz CT molecular complexity index is 1320. The second-order valence-electron chi connectivity index (χ2n) is 9.96. The van der Waals surface area contributed by atoms with Crippen molar-refractivity contribution in [2.24, 2.45) is 5.41 Å². The van der Waals surface area contributed by atoms with Crippen LogP contribution in [0.15, 0.2) is 24.3 Å². The van der Waals surface area contributed by atoms with Crippen LogP contribution in [0.4, 0.5) is 23.4 Å². The van der Waals surface area contributed by atoms with Crippen molar-refractivity contribution >= 4 is 17.4 Å². The summed E-state index contributed by atoms with van der Waals surface area (Å²) in [6.45, 7) is 11.2. The van der Waals surface area contributed by atoms with Crippen LogP contribution in [0.5, 0.6) is 0 Å². The van der Waals surface area contributed by atoms with Gasteiger partial charge in [0, 0.05) is 36.0 Å². The predicted molar refractivity (Wildman–Crippen MR) is 133 cm³/mol. The third-order valence-electron chi connectivity index (χ3n) is 7.22. The number of carbonyl (C=O) groups is 1. The first kappa shape index (κ1) is 26.9. The molecule has 0 spiro atoms. The molecule has 0 unspecified atom stereocenters. The van der Waals surface area contributed by atoms with Crippen molar-refractivity contribution in [1.29, 1.82) is 0 Å². The van der Waals surface area contributed by atoms with Gasteiger partial charge in [-0.05, 0) is 57.2 Å². The Morgan fingerprint density at radius 1 is 1.22 bits per heavy atom. The van der Waals surface area contributed by atoms with Gasteiger partial charge in [0.25, 0.3) is 0 Å². The van der Waals surface area contributed by atoms with Gasteiger partial charge >= 0.3 is 12.1 Å². The highest BCUT2D eigenvalue weighted by molar-refractivity contribution is 5.78. The molecule has 1 aliphatic heterocycles. The van der Waals surface area contributed by atoms with Crippen LogP contribution < -0.4 is 4.90 Å². The summed E-state index contributed by atoms with van der Waals surface area (Å²) in [6.07, 6.45) is -2.54. The fourth-order valence-electron chi connectivity index (χ4n) is 5.32. The minimum absolute atomic E-state index is 0.0405. The number of piperidine rings is 1. The summed E-state index contributed by atoms with van der Waals surface area (Å²) in [5.74, 6) is -0.394. The number of halogens is 4. The molecule has 4 rings (SSSR count). The molecule has 3 heterocycles. The summed E-state index contributed by atoms with van der Waals surface area (Å²) >= 11 is 0. The van der Waals surface area contributed by atoms with Gasteiger partial charge < -0.3 is 9.64 Å². The van der Waals surface area contributed by atoms with Gasteiger partial charge in [0.2, 0.25) is 0 Å². The van der Waals surface area contributed by atoms with E-state index < -0.39 is 23.0 Å². The van der Waals surface area contributed by atoms with Gasteiger partial charge in [0.15, 0.2) is 5.65 Å². The highest BCUT2D eigenvalue weighted by atomic mass is 19.4. The highest BCUT2D eigenvalue weighted by Crippen LogP contribution is 2.40. The summed E-state index contributed by atoms with van der Waals surface area (Å²) in [6, 6.07) is 4.01. The van der Waals surface area contributed by atoms with E-state index in [1.54, 1.807) is 17.5 Å². The largest absolute Gasteiger partial charge is 0.466 e. The van der Waals surface area contributed by atoms with Crippen molar-refractivity contribution in [2.75, 3.05) is 24.6 Å². The fraction of sp³-hybridized carbons (Fsp3) is 0.519. The second kappa shape index (κ2) is 9.95. The molecule has 1 fully saturated rings. The lowest BCUT2D eigenvalue weighted by molar-refractivity contribution is -0.156. The van der Waals surface area contributed by atoms with Crippen molar-refractivity contribution in [3.8, 4) is 11.3 Å². The van der Waals surface area contributed by atoms with Crippen molar-refractivity contribution < 1.29 is 27.1 Å². The third-order valence-corrected chi connectivity index (χ3v) is 7.22. The number of fused-ring (bicyclic) bond motifs is 1. The van der Waals surface area contributed by atoms with E-state index in [2.05, 4.69) is 15.0 Å². The van der Waals surface area contributed by atoms with Crippen LogP contribution in [0.3, 0.4) is 0 Å². The van der Waals surface area contributed by atoms with Crippen molar-refractivity contribution in [3.05, 3.63) is 46.9 Å². The van der Waals surface area contributed by atoms with Gasteiger partial charge in [0.1, 0.15) is 11.6 Å². The topological polar surface area (TPSA) is 59.7 Å². The number of carbonyl (C=O) groups excluding carboxylic acids is 1. The number of anilines is 1. The SMILES string of the molecule is CCOC(=O)[C@]1(CC)CCCN(c2c(C(C)C)c(C)nc3cc(-c4ccc(C(F)(F)F)cc4F)nn23)C1. The standard InChI is InChI=1S/C27H32F4N4O2/c1-6-26(25(36)37-7-2)11-8-12-34(15-26)24-23(16(3)4)17(5)32-22-14-21(33-35(22)24)19-10-9-18(13-20(19)28)27(29,30)31/h9-10,13-14,16H,6-8,11-12,15H2,1-5H3/t26-/m1/s1. The molecule has 1 saturated heterocycles. The smallest absolute Gasteiger partial charge is 0.416 e. The zero-order valence-corrected chi connectivity index (χ0v) is 21.7. The van der Waals surface area contributed by atoms with Crippen LogP contribution in [0.2, 0.25) is 0 Å². The lowest BCUT2D eigenvalue weighted by Gasteiger charge is -2.42. The fourth-order valence-corrected chi connectivity index (χ4v) is 5.32. The van der Waals surface area contributed by atoms with E-state index in [9.17, 15) is 22.4 Å². The van der Waals surface area contributed by atoms with E-state index >= 15 is 0 Å². The Morgan fingerprint density at radius 2 is 1.95 bits per heavy atom. The molecule has 200 valence electrons. The Morgan fingerprint density at radius 3 is 2.54 bits per heavy atom. The Kier molecular flexibility index (Phi) is 7.23. The van der Waals surface area contributed by atoms with Crippen molar-refractivity contribution in [2.45, 2.75) is 66.0 Å². The highest BCUT2D eigenvalue weighted by Gasteiger charge is 2.43. The molecule has 0 bridgehead atoms. The number of nitrogens with zero attached hydrogens (tertiary/aromatic N) is 4. The van der Waals surface area contributed by atoms with Gasteiger partial charge in [-0.1, -0.05) is 20.8 Å². The zero-order chi connectivity index (χ0) is 27.1. The molecule has 1 aromatic carbocycles. The minimum Gasteiger partial charge on any atom is -0.466 e. The zero-order valence-electron chi connectivity index (χ0n) is 21.7. The van der Waals surface area contributed by atoms with Crippen LogP contribution >= 0.6 is 0 Å². The first-order valence-electron chi connectivity index (χ1n) is 12.6. The Balaban J connectivity index is 1.87. The molecule has 3 aromatic rings. The number of ether oxygens (including phenoxy) is 1. The molecule has 0 amide bonds. The molecule has 0 saturated carbocycles. The second-order valence-corrected chi connectivity index (χ2v) is 9.96. The van der Waals surface area contributed by atoms with E-state index in [0.717, 1.165) is 35.6 Å². The van der Waals surface area contributed by atoms with Gasteiger partial charge in [-0.3, -0.25) is 4.79 Å². The summed E-state index contributed by atoms with van der Waals surface area (Å²) in [5.41, 5.74) is 0.603. The first-order chi connectivity index (χ1) is 17.4. The minimum atomic E-state index is -4.64. The Hall–Kier alpha value is -3.17. The molecule has 0 radical (unpaired) electrons. The molecule has 1 atom stereocenters. The number of hydrogen-bond donors (Lipinski definition) is 0. The molecule has 0 N–H and O–H groups in total. The maximum atomic E-state index is 14.8. The van der Waals surface area contributed by atoms with E-state index in [0.29, 0.717) is 44.3 Å². The average molecular weight is 521 g/mol. The lowest BCUT2D eigenvalue weighted by Crippen LogP contribution is -2.49. The Labute approximate surface area is 213 Å². The summed E-state index contributed by atoms with van der Waals surface area (Å²) < 4.78 is 61.0. The summed E-state index contributed by atoms with van der Waals surface area (Å²) in [4.78, 5) is 19.8. The van der Waals surface area contributed by atoms with Gasteiger partial charge in [-0.15, -0.1) is 0 Å². The van der Waals surface area contributed by atoms with Gasteiger partial charge in [0.05, 0.1) is 23.3 Å². The number of rotatable bonds is 6. The first-order valence-corrected chi connectivity index (χ1v) is 12.6. The normalized spacial score (nSPS) is 18.6. The van der Waals surface area contributed by atoms with Crippen molar-refractivity contribution in [1.82, 2.24) is 14.6 Å². The molecule has 6 nitrogen and oxygen atoms in total. The predicted octanol–water partition coefficient (Wildman–Crippen LogP) is 6.55. The monoisotopic (exact) mass is 520 g/mol. The summed E-state index contributed by atoms with van der Waals surface area (Å²) in [7, 11) is 0. The van der Waals surface area contributed by atoms with E-state index in [1.165, 1.54) is 0 Å². The van der Waals surface area contributed by atoms with E-state index in [1.807, 2.05) is 27.7 Å². The van der Waals surface area contributed by atoms with Crippen LogP contribution in [0.25, 0.3) is 16.9 Å². The maximum absolute atomic E-state index is 14.8. The molecular formula is C27H32F4N4O2. The molecular weight excluding hydrogens is 488 g/mol. The van der Waals surface area contributed by atoms with Crippen LogP contribution in [-0.4, -0.2) is 40.3 Å². The number of hydrogen-bond acceptors (Lipinski definition) is 5. The van der Waals surface area contributed by atoms with Gasteiger partial charge in [-0.2, -0.15) is 22.8 Å². The van der Waals surface area contributed by atoms with Crippen LogP contribution in [-0.2, 0) is 15.7 Å². The summed E-state index contributed by atoms with van der Waals surface area (Å²) in [5, 5.41) is 4.62. The molecule has 37 heavy (non-hydrogen) atoms. The van der Waals surface area contributed by atoms with Crippen LogP contribution in [0, 0.1) is 18.2 Å². The van der Waals surface area contributed by atoms with Crippen molar-refractivity contribution in [3.63, 3.8) is 0 Å².